The van der Waals surface area contributed by atoms with E-state index < -0.39 is 0 Å². The Hall–Kier alpha value is -2.33. The second-order valence-electron chi connectivity index (χ2n) is 5.62. The van der Waals surface area contributed by atoms with E-state index in [-0.39, 0.29) is 5.56 Å². The van der Waals surface area contributed by atoms with Gasteiger partial charge in [-0.1, -0.05) is 31.2 Å². The lowest BCUT2D eigenvalue weighted by Crippen LogP contribution is -2.18. The predicted molar refractivity (Wildman–Crippen MR) is 95.4 cm³/mol. The third kappa shape index (κ3) is 2.94. The van der Waals surface area contributed by atoms with Crippen molar-refractivity contribution in [2.24, 2.45) is 7.05 Å². The van der Waals surface area contributed by atoms with E-state index >= 15 is 0 Å². The van der Waals surface area contributed by atoms with Gasteiger partial charge in [0.15, 0.2) is 0 Å². The lowest BCUT2D eigenvalue weighted by atomic mass is 10.1. The van der Waals surface area contributed by atoms with Crippen molar-refractivity contribution in [3.8, 4) is 5.75 Å². The zero-order chi connectivity index (χ0) is 16.2. The number of aromatic nitrogens is 1. The molecule has 0 aliphatic rings. The smallest absolute Gasteiger partial charge is 0.258 e. The van der Waals surface area contributed by atoms with E-state index in [0.717, 1.165) is 46.9 Å². The molecule has 0 aliphatic carbocycles. The molecule has 0 radical (unpaired) electrons. The Morgan fingerprint density at radius 3 is 2.65 bits per heavy atom. The van der Waals surface area contributed by atoms with Crippen molar-refractivity contribution in [1.29, 1.82) is 0 Å². The molecular weight excluding hydrogens is 288 g/mol. The van der Waals surface area contributed by atoms with Gasteiger partial charge in [0.25, 0.3) is 5.56 Å². The largest absolute Gasteiger partial charge is 0.493 e. The van der Waals surface area contributed by atoms with E-state index in [0.29, 0.717) is 6.61 Å². The van der Waals surface area contributed by atoms with Gasteiger partial charge in [0.2, 0.25) is 0 Å². The molecular formula is C19H22N2O2. The van der Waals surface area contributed by atoms with E-state index in [2.05, 4.69) is 12.2 Å². The number of ether oxygens (including phenoxy) is 1. The first-order valence-corrected chi connectivity index (χ1v) is 8.08. The quantitative estimate of drug-likeness (QED) is 0.562. The minimum atomic E-state index is 0.0254. The lowest BCUT2D eigenvalue weighted by Gasteiger charge is -2.14. The van der Waals surface area contributed by atoms with Gasteiger partial charge < -0.3 is 14.6 Å². The molecule has 0 aliphatic heterocycles. The number of nitrogens with one attached hydrogen (secondary N) is 1. The molecule has 0 bridgehead atoms. The third-order valence-electron chi connectivity index (χ3n) is 4.10. The van der Waals surface area contributed by atoms with Crippen LogP contribution in [0.25, 0.3) is 21.7 Å². The molecule has 0 fully saturated rings. The molecule has 0 amide bonds. The van der Waals surface area contributed by atoms with Crippen LogP contribution in [-0.4, -0.2) is 24.3 Å². The Kier molecular flexibility index (Phi) is 4.63. The maximum atomic E-state index is 12.5. The normalized spacial score (nSPS) is 11.2. The number of pyridine rings is 1. The first-order valence-electron chi connectivity index (χ1n) is 8.08. The Balaban J connectivity index is 2.07. The highest BCUT2D eigenvalue weighted by molar-refractivity contribution is 6.08. The highest BCUT2D eigenvalue weighted by Gasteiger charge is 2.12. The molecule has 1 N–H and O–H groups in total. The van der Waals surface area contributed by atoms with Gasteiger partial charge in [-0.3, -0.25) is 4.79 Å². The van der Waals surface area contributed by atoms with Crippen LogP contribution in [0.4, 0.5) is 0 Å². The molecule has 0 spiro atoms. The van der Waals surface area contributed by atoms with Gasteiger partial charge in [-0.15, -0.1) is 0 Å². The molecule has 1 heterocycles. The van der Waals surface area contributed by atoms with Crippen molar-refractivity contribution in [3.63, 3.8) is 0 Å². The summed E-state index contributed by atoms with van der Waals surface area (Å²) in [4.78, 5) is 12.5. The number of fused-ring (bicyclic) bond motifs is 3. The van der Waals surface area contributed by atoms with Crippen molar-refractivity contribution >= 4 is 21.7 Å². The fourth-order valence-electron chi connectivity index (χ4n) is 2.92. The molecule has 2 aromatic carbocycles. The number of hydrogen-bond acceptors (Lipinski definition) is 3. The minimum Gasteiger partial charge on any atom is -0.493 e. The van der Waals surface area contributed by atoms with Crippen LogP contribution in [0.3, 0.4) is 0 Å². The number of hydrogen-bond donors (Lipinski definition) is 1. The summed E-state index contributed by atoms with van der Waals surface area (Å²) in [6.45, 7) is 4.67. The summed E-state index contributed by atoms with van der Waals surface area (Å²) in [6.07, 6.45) is 0.952. The van der Waals surface area contributed by atoms with Gasteiger partial charge in [0.05, 0.1) is 12.1 Å². The third-order valence-corrected chi connectivity index (χ3v) is 4.10. The highest BCUT2D eigenvalue weighted by Crippen LogP contribution is 2.31. The van der Waals surface area contributed by atoms with E-state index in [1.165, 1.54) is 0 Å². The maximum Gasteiger partial charge on any atom is 0.258 e. The molecule has 0 atom stereocenters. The topological polar surface area (TPSA) is 43.3 Å². The Bertz CT molecular complexity index is 884. The van der Waals surface area contributed by atoms with Gasteiger partial charge in [0, 0.05) is 23.2 Å². The lowest BCUT2D eigenvalue weighted by molar-refractivity contribution is 0.312. The van der Waals surface area contributed by atoms with Gasteiger partial charge in [-0.05, 0) is 37.7 Å². The average Bonchev–Trinajstić information content (AvgIpc) is 2.59. The van der Waals surface area contributed by atoms with E-state index in [1.807, 2.05) is 49.5 Å². The van der Waals surface area contributed by atoms with Crippen molar-refractivity contribution < 1.29 is 4.74 Å². The fourth-order valence-corrected chi connectivity index (χ4v) is 2.92. The molecule has 23 heavy (non-hydrogen) atoms. The summed E-state index contributed by atoms with van der Waals surface area (Å²) in [6, 6.07) is 13.6. The van der Waals surface area contributed by atoms with E-state index in [1.54, 1.807) is 4.57 Å². The second kappa shape index (κ2) is 6.84. The Morgan fingerprint density at radius 2 is 1.87 bits per heavy atom. The van der Waals surface area contributed by atoms with E-state index in [4.69, 9.17) is 4.74 Å². The SMILES string of the molecule is CCNCCCOc1cccc2c1c1ccccc1c(=O)n2C. The molecule has 0 saturated heterocycles. The molecule has 120 valence electrons. The average molecular weight is 310 g/mol. The van der Waals surface area contributed by atoms with Crippen LogP contribution in [0.5, 0.6) is 5.75 Å². The summed E-state index contributed by atoms with van der Waals surface area (Å²) >= 11 is 0. The van der Waals surface area contributed by atoms with Crippen LogP contribution in [0, 0.1) is 0 Å². The molecule has 3 aromatic rings. The number of nitrogens with zero attached hydrogens (tertiary/aromatic N) is 1. The number of rotatable bonds is 6. The first-order chi connectivity index (χ1) is 11.2. The monoisotopic (exact) mass is 310 g/mol. The maximum absolute atomic E-state index is 12.5. The number of aryl methyl sites for hydroxylation is 1. The standard InChI is InChI=1S/C19H22N2O2/c1-3-20-12-7-13-23-17-11-6-10-16-18(17)14-8-4-5-9-15(14)19(22)21(16)2/h4-6,8-11,20H,3,7,12-13H2,1-2H3. The molecule has 4 nitrogen and oxygen atoms in total. The molecule has 1 aromatic heterocycles. The van der Waals surface area contributed by atoms with Crippen molar-refractivity contribution in [2.45, 2.75) is 13.3 Å². The van der Waals surface area contributed by atoms with Crippen LogP contribution >= 0.6 is 0 Å². The van der Waals surface area contributed by atoms with Crippen LogP contribution in [-0.2, 0) is 7.05 Å². The van der Waals surface area contributed by atoms with Crippen LogP contribution in [0.15, 0.2) is 47.3 Å². The van der Waals surface area contributed by atoms with Crippen LogP contribution in [0.1, 0.15) is 13.3 Å². The second-order valence-corrected chi connectivity index (χ2v) is 5.62. The predicted octanol–water partition coefficient (Wildman–Crippen LogP) is 3.07. The molecule has 4 heteroatoms. The van der Waals surface area contributed by atoms with Crippen molar-refractivity contribution in [3.05, 3.63) is 52.8 Å². The zero-order valence-corrected chi connectivity index (χ0v) is 13.6. The van der Waals surface area contributed by atoms with Gasteiger partial charge >= 0.3 is 0 Å². The first kappa shape index (κ1) is 15.6. The fraction of sp³-hybridized carbons (Fsp3) is 0.316. The van der Waals surface area contributed by atoms with Crippen molar-refractivity contribution in [1.82, 2.24) is 9.88 Å². The summed E-state index contributed by atoms with van der Waals surface area (Å²) in [5, 5.41) is 5.98. The van der Waals surface area contributed by atoms with E-state index in [9.17, 15) is 4.79 Å². The van der Waals surface area contributed by atoms with Crippen molar-refractivity contribution in [2.75, 3.05) is 19.7 Å². The van der Waals surface area contributed by atoms with Crippen LogP contribution in [0.2, 0.25) is 0 Å². The summed E-state index contributed by atoms with van der Waals surface area (Å²) < 4.78 is 7.71. The summed E-state index contributed by atoms with van der Waals surface area (Å²) in [5.41, 5.74) is 0.926. The minimum absolute atomic E-state index is 0.0254. The zero-order valence-electron chi connectivity index (χ0n) is 13.6. The summed E-state index contributed by atoms with van der Waals surface area (Å²) in [7, 11) is 1.81. The Morgan fingerprint density at radius 1 is 1.09 bits per heavy atom. The van der Waals surface area contributed by atoms with Gasteiger partial charge in [-0.25, -0.2) is 0 Å². The van der Waals surface area contributed by atoms with Gasteiger partial charge in [-0.2, -0.15) is 0 Å². The molecule has 0 saturated carbocycles. The number of benzene rings is 2. The summed E-state index contributed by atoms with van der Waals surface area (Å²) in [5.74, 6) is 0.839. The van der Waals surface area contributed by atoms with Crippen LogP contribution < -0.4 is 15.6 Å². The molecule has 0 unspecified atom stereocenters. The Labute approximate surface area is 135 Å². The highest BCUT2D eigenvalue weighted by atomic mass is 16.5. The van der Waals surface area contributed by atoms with Gasteiger partial charge in [0.1, 0.15) is 5.75 Å². The molecule has 3 rings (SSSR count).